The summed E-state index contributed by atoms with van der Waals surface area (Å²) in [5.74, 6) is 0. The van der Waals surface area contributed by atoms with E-state index in [1.54, 1.807) is 19.9 Å². The fraction of sp³-hybridized carbons (Fsp3) is 0.500. The molecule has 82 valence electrons. The van der Waals surface area contributed by atoms with Crippen LogP contribution in [-0.4, -0.2) is 24.2 Å². The Morgan fingerprint density at radius 2 is 2.20 bits per heavy atom. The number of sulfonamides is 1. The molecule has 0 radical (unpaired) electrons. The lowest BCUT2D eigenvalue weighted by Crippen LogP contribution is -2.32. The number of aromatic nitrogens is 2. The normalized spacial score (nSPS) is 11.7. The van der Waals surface area contributed by atoms with Gasteiger partial charge in [-0.1, -0.05) is 0 Å². The van der Waals surface area contributed by atoms with Crippen molar-refractivity contribution >= 4 is 10.0 Å². The van der Waals surface area contributed by atoms with Gasteiger partial charge in [-0.15, -0.1) is 0 Å². The van der Waals surface area contributed by atoms with E-state index in [9.17, 15) is 8.42 Å². The molecule has 0 aliphatic rings. The van der Waals surface area contributed by atoms with Crippen molar-refractivity contribution in [3.8, 4) is 6.07 Å². The summed E-state index contributed by atoms with van der Waals surface area (Å²) in [5.41, 5.74) is 0.0469. The standard InChI is InChI=1S/C8H12N4O2S/c1-6(2)11-15(13,14)8-7(4-9)5-10-12(8)3/h5-6,11H,1-3H3. The average molecular weight is 228 g/mol. The number of rotatable bonds is 3. The molecule has 0 atom stereocenters. The third kappa shape index (κ3) is 2.34. The molecule has 0 bridgehead atoms. The third-order valence-electron chi connectivity index (χ3n) is 1.65. The van der Waals surface area contributed by atoms with E-state index in [0.717, 1.165) is 0 Å². The highest BCUT2D eigenvalue weighted by molar-refractivity contribution is 7.89. The molecule has 0 unspecified atom stereocenters. The van der Waals surface area contributed by atoms with Crippen LogP contribution in [0.2, 0.25) is 0 Å². The molecule has 0 aromatic carbocycles. The van der Waals surface area contributed by atoms with Crippen LogP contribution in [0.15, 0.2) is 11.2 Å². The molecule has 0 amide bonds. The Morgan fingerprint density at radius 3 is 2.67 bits per heavy atom. The predicted molar refractivity (Wildman–Crippen MR) is 53.4 cm³/mol. The van der Waals surface area contributed by atoms with Crippen LogP contribution in [0.1, 0.15) is 19.4 Å². The first kappa shape index (κ1) is 11.7. The highest BCUT2D eigenvalue weighted by atomic mass is 32.2. The zero-order valence-corrected chi connectivity index (χ0v) is 9.54. The molecule has 1 aromatic rings. The summed E-state index contributed by atoms with van der Waals surface area (Å²) in [7, 11) is -2.18. The first-order chi connectivity index (χ1) is 6.88. The molecule has 0 spiro atoms. The summed E-state index contributed by atoms with van der Waals surface area (Å²) < 4.78 is 27.1. The number of aryl methyl sites for hydroxylation is 1. The Bertz CT molecular complexity index is 495. The Hall–Kier alpha value is -1.39. The average Bonchev–Trinajstić information content (AvgIpc) is 2.44. The van der Waals surface area contributed by atoms with Crippen LogP contribution in [0, 0.1) is 11.3 Å². The van der Waals surface area contributed by atoms with Crippen molar-refractivity contribution in [1.82, 2.24) is 14.5 Å². The van der Waals surface area contributed by atoms with Gasteiger partial charge >= 0.3 is 0 Å². The SMILES string of the molecule is CC(C)NS(=O)(=O)c1c(C#N)cnn1C. The van der Waals surface area contributed by atoms with Gasteiger partial charge in [0.1, 0.15) is 11.6 Å². The number of hydrogen-bond donors (Lipinski definition) is 1. The van der Waals surface area contributed by atoms with Crippen LogP contribution >= 0.6 is 0 Å². The van der Waals surface area contributed by atoms with Crippen LogP contribution in [0.25, 0.3) is 0 Å². The van der Waals surface area contributed by atoms with Crippen molar-refractivity contribution in [2.75, 3.05) is 0 Å². The molecule has 0 saturated heterocycles. The van der Waals surface area contributed by atoms with E-state index in [0.29, 0.717) is 0 Å². The van der Waals surface area contributed by atoms with Gasteiger partial charge in [0.25, 0.3) is 10.0 Å². The Morgan fingerprint density at radius 1 is 1.60 bits per heavy atom. The van der Waals surface area contributed by atoms with Gasteiger partial charge in [-0.25, -0.2) is 13.1 Å². The lowest BCUT2D eigenvalue weighted by Gasteiger charge is -2.09. The highest BCUT2D eigenvalue weighted by Crippen LogP contribution is 2.13. The van der Waals surface area contributed by atoms with E-state index < -0.39 is 10.0 Å². The second-order valence-electron chi connectivity index (χ2n) is 3.37. The summed E-state index contributed by atoms with van der Waals surface area (Å²) in [4.78, 5) is 0. The summed E-state index contributed by atoms with van der Waals surface area (Å²) >= 11 is 0. The van der Waals surface area contributed by atoms with Crippen LogP contribution in [0.5, 0.6) is 0 Å². The molecule has 0 aliphatic heterocycles. The van der Waals surface area contributed by atoms with Gasteiger partial charge in [0.2, 0.25) is 0 Å². The van der Waals surface area contributed by atoms with E-state index in [2.05, 4.69) is 9.82 Å². The minimum Gasteiger partial charge on any atom is -0.255 e. The van der Waals surface area contributed by atoms with Gasteiger partial charge in [0.05, 0.1) is 6.20 Å². The Kier molecular flexibility index (Phi) is 3.12. The van der Waals surface area contributed by atoms with E-state index in [1.165, 1.54) is 17.9 Å². The third-order valence-corrected chi connectivity index (χ3v) is 3.43. The van der Waals surface area contributed by atoms with Crippen molar-refractivity contribution in [1.29, 1.82) is 5.26 Å². The lowest BCUT2D eigenvalue weighted by atomic mass is 10.4. The summed E-state index contributed by atoms with van der Waals surface area (Å²) in [6.07, 6.45) is 1.23. The monoisotopic (exact) mass is 228 g/mol. The molecular weight excluding hydrogens is 216 g/mol. The van der Waals surface area contributed by atoms with E-state index in [-0.39, 0.29) is 16.6 Å². The maximum atomic E-state index is 11.8. The number of hydrogen-bond acceptors (Lipinski definition) is 4. The molecule has 15 heavy (non-hydrogen) atoms. The van der Waals surface area contributed by atoms with Gasteiger partial charge in [0.15, 0.2) is 5.03 Å². The number of nitrogens with zero attached hydrogens (tertiary/aromatic N) is 3. The number of nitriles is 1. The molecule has 1 heterocycles. The van der Waals surface area contributed by atoms with Crippen LogP contribution in [-0.2, 0) is 17.1 Å². The minimum atomic E-state index is -3.66. The molecule has 1 N–H and O–H groups in total. The van der Waals surface area contributed by atoms with E-state index in [4.69, 9.17) is 5.26 Å². The molecule has 0 saturated carbocycles. The van der Waals surface area contributed by atoms with E-state index >= 15 is 0 Å². The first-order valence-electron chi connectivity index (χ1n) is 4.33. The Balaban J connectivity index is 3.27. The van der Waals surface area contributed by atoms with Gasteiger partial charge in [-0.05, 0) is 13.8 Å². The van der Waals surface area contributed by atoms with Crippen LogP contribution < -0.4 is 4.72 Å². The molecule has 6 nitrogen and oxygen atoms in total. The lowest BCUT2D eigenvalue weighted by molar-refractivity contribution is 0.552. The van der Waals surface area contributed by atoms with Gasteiger partial charge in [0, 0.05) is 13.1 Å². The highest BCUT2D eigenvalue weighted by Gasteiger charge is 2.23. The topological polar surface area (TPSA) is 87.8 Å². The molecule has 7 heteroatoms. The van der Waals surface area contributed by atoms with Crippen LogP contribution in [0.4, 0.5) is 0 Å². The largest absolute Gasteiger partial charge is 0.259 e. The second kappa shape index (κ2) is 4.00. The van der Waals surface area contributed by atoms with Crippen LogP contribution in [0.3, 0.4) is 0 Å². The molecule has 1 rings (SSSR count). The predicted octanol–water partition coefficient (Wildman–Crippen LogP) is -0.0215. The maximum Gasteiger partial charge on any atom is 0.259 e. The zero-order chi connectivity index (χ0) is 11.6. The maximum absolute atomic E-state index is 11.8. The zero-order valence-electron chi connectivity index (χ0n) is 8.72. The minimum absolute atomic E-state index is 0.0469. The smallest absolute Gasteiger partial charge is 0.255 e. The molecule has 1 aromatic heterocycles. The summed E-state index contributed by atoms with van der Waals surface area (Å²) in [5, 5.41) is 12.4. The quantitative estimate of drug-likeness (QED) is 0.787. The summed E-state index contributed by atoms with van der Waals surface area (Å²) in [6.45, 7) is 3.42. The van der Waals surface area contributed by atoms with Gasteiger partial charge < -0.3 is 0 Å². The first-order valence-corrected chi connectivity index (χ1v) is 5.81. The van der Waals surface area contributed by atoms with Crippen molar-refractivity contribution in [3.63, 3.8) is 0 Å². The van der Waals surface area contributed by atoms with Crippen molar-refractivity contribution < 1.29 is 8.42 Å². The molecule has 0 fully saturated rings. The summed E-state index contributed by atoms with van der Waals surface area (Å²) in [6, 6.07) is 1.57. The Labute approximate surface area is 88.6 Å². The molecular formula is C8H12N4O2S. The van der Waals surface area contributed by atoms with Crippen molar-refractivity contribution in [2.45, 2.75) is 24.9 Å². The van der Waals surface area contributed by atoms with E-state index in [1.807, 2.05) is 0 Å². The second-order valence-corrected chi connectivity index (χ2v) is 5.00. The van der Waals surface area contributed by atoms with Gasteiger partial charge in [-0.3, -0.25) is 4.68 Å². The van der Waals surface area contributed by atoms with Crippen molar-refractivity contribution in [3.05, 3.63) is 11.8 Å². The van der Waals surface area contributed by atoms with Gasteiger partial charge in [-0.2, -0.15) is 10.4 Å². The number of nitrogens with one attached hydrogen (secondary N) is 1. The molecule has 0 aliphatic carbocycles. The van der Waals surface area contributed by atoms with Crippen molar-refractivity contribution in [2.24, 2.45) is 7.05 Å². The fourth-order valence-corrected chi connectivity index (χ4v) is 2.70. The fourth-order valence-electron chi connectivity index (χ4n) is 1.19.